The standard InChI is InChI=1S/C23H31ClN2O/c24-14-23-11-15-10-22(13-23,16-4-2-1-3-5-16)12-19(23)20(15)21(27)26-18-8-6-17(25)7-9-18/h1-5,15,17-20H,6-14,25H2,(H,26,27). The van der Waals surface area contributed by atoms with Crippen molar-refractivity contribution in [3.63, 3.8) is 0 Å². The lowest BCUT2D eigenvalue weighted by Gasteiger charge is -2.43. The molecule has 0 aromatic heterocycles. The minimum atomic E-state index is 0.164. The Morgan fingerprint density at radius 2 is 1.85 bits per heavy atom. The van der Waals surface area contributed by atoms with Gasteiger partial charge in [-0.25, -0.2) is 0 Å². The van der Waals surface area contributed by atoms with Gasteiger partial charge in [0, 0.05) is 23.9 Å². The predicted octanol–water partition coefficient (Wildman–Crippen LogP) is 3.99. The second-order valence-electron chi connectivity index (χ2n) is 9.94. The molecule has 4 heteroatoms. The van der Waals surface area contributed by atoms with Crippen LogP contribution < -0.4 is 11.1 Å². The number of alkyl halides is 1. The van der Waals surface area contributed by atoms with Crippen molar-refractivity contribution in [1.29, 1.82) is 0 Å². The highest BCUT2D eigenvalue weighted by Crippen LogP contribution is 2.72. The van der Waals surface area contributed by atoms with Crippen molar-refractivity contribution in [3.05, 3.63) is 35.9 Å². The summed E-state index contributed by atoms with van der Waals surface area (Å²) in [5.74, 6) is 2.10. The molecule has 1 aromatic carbocycles. The summed E-state index contributed by atoms with van der Waals surface area (Å²) in [5, 5.41) is 3.41. The largest absolute Gasteiger partial charge is 0.353 e. The molecular formula is C23H31ClN2O. The Balaban J connectivity index is 1.37. The van der Waals surface area contributed by atoms with Gasteiger partial charge in [0.2, 0.25) is 5.91 Å². The minimum absolute atomic E-state index is 0.164. The van der Waals surface area contributed by atoms with Gasteiger partial charge in [-0.05, 0) is 79.6 Å². The second kappa shape index (κ2) is 6.49. The lowest BCUT2D eigenvalue weighted by molar-refractivity contribution is -0.129. The molecule has 0 saturated heterocycles. The van der Waals surface area contributed by atoms with E-state index in [1.807, 2.05) is 0 Å². The molecule has 0 radical (unpaired) electrons. The molecule has 5 aliphatic carbocycles. The Kier molecular flexibility index (Phi) is 4.32. The molecule has 5 atom stereocenters. The van der Waals surface area contributed by atoms with Crippen LogP contribution in [0.15, 0.2) is 30.3 Å². The molecule has 4 bridgehead atoms. The summed E-state index contributed by atoms with van der Waals surface area (Å²) >= 11 is 6.57. The number of nitrogens with one attached hydrogen (secondary N) is 1. The number of hydrogen-bond donors (Lipinski definition) is 2. The van der Waals surface area contributed by atoms with E-state index in [0.29, 0.717) is 35.7 Å². The van der Waals surface area contributed by atoms with Gasteiger partial charge in [-0.15, -0.1) is 11.6 Å². The third kappa shape index (κ3) is 2.76. The van der Waals surface area contributed by atoms with E-state index < -0.39 is 0 Å². The zero-order chi connectivity index (χ0) is 18.6. The second-order valence-corrected chi connectivity index (χ2v) is 10.2. The van der Waals surface area contributed by atoms with E-state index in [9.17, 15) is 4.79 Å². The number of halogens is 1. The number of carbonyl (C=O) groups is 1. The molecule has 1 aromatic rings. The van der Waals surface area contributed by atoms with Gasteiger partial charge < -0.3 is 11.1 Å². The monoisotopic (exact) mass is 386 g/mol. The summed E-state index contributed by atoms with van der Waals surface area (Å²) in [6.07, 6.45) is 8.72. The summed E-state index contributed by atoms with van der Waals surface area (Å²) in [6, 6.07) is 11.6. The summed E-state index contributed by atoms with van der Waals surface area (Å²) in [6.45, 7) is 0. The van der Waals surface area contributed by atoms with Crippen molar-refractivity contribution in [2.45, 2.75) is 68.9 Å². The Hall–Kier alpha value is -1.06. The predicted molar refractivity (Wildman–Crippen MR) is 109 cm³/mol. The molecule has 5 aliphatic rings. The van der Waals surface area contributed by atoms with Crippen LogP contribution in [-0.4, -0.2) is 23.9 Å². The number of amides is 1. The van der Waals surface area contributed by atoms with Crippen LogP contribution in [0.5, 0.6) is 0 Å². The zero-order valence-electron chi connectivity index (χ0n) is 16.0. The molecule has 0 heterocycles. The van der Waals surface area contributed by atoms with Gasteiger partial charge in [0.15, 0.2) is 0 Å². The van der Waals surface area contributed by atoms with Crippen LogP contribution in [0.1, 0.15) is 56.9 Å². The molecule has 27 heavy (non-hydrogen) atoms. The maximum atomic E-state index is 13.3. The minimum Gasteiger partial charge on any atom is -0.353 e. The number of carbonyl (C=O) groups excluding carboxylic acids is 1. The SMILES string of the molecule is NC1CCC(NC(=O)C2C3CC4(c5ccccc5)CC2C(CCl)(C3)C4)CC1. The fraction of sp³-hybridized carbons (Fsp3) is 0.696. The fourth-order valence-electron chi connectivity index (χ4n) is 7.37. The van der Waals surface area contributed by atoms with E-state index in [1.165, 1.54) is 5.56 Å². The Morgan fingerprint density at radius 1 is 1.11 bits per heavy atom. The van der Waals surface area contributed by atoms with Crippen molar-refractivity contribution < 1.29 is 4.79 Å². The Morgan fingerprint density at radius 3 is 2.56 bits per heavy atom. The van der Waals surface area contributed by atoms with Crippen molar-refractivity contribution >= 4 is 17.5 Å². The Labute approximate surface area is 167 Å². The third-order valence-corrected chi connectivity index (χ3v) is 8.96. The molecule has 1 amide bonds. The van der Waals surface area contributed by atoms with Gasteiger partial charge in [-0.1, -0.05) is 30.3 Å². The molecular weight excluding hydrogens is 356 g/mol. The normalized spacial score (nSPS) is 45.2. The highest BCUT2D eigenvalue weighted by Gasteiger charge is 2.69. The molecule has 0 spiro atoms. The van der Waals surface area contributed by atoms with Gasteiger partial charge >= 0.3 is 0 Å². The third-order valence-electron chi connectivity index (χ3n) is 8.42. The summed E-state index contributed by atoms with van der Waals surface area (Å²) in [7, 11) is 0. The van der Waals surface area contributed by atoms with Crippen molar-refractivity contribution in [1.82, 2.24) is 5.32 Å². The highest BCUT2D eigenvalue weighted by molar-refractivity contribution is 6.18. The van der Waals surface area contributed by atoms with E-state index in [4.69, 9.17) is 17.3 Å². The van der Waals surface area contributed by atoms with Crippen molar-refractivity contribution in [2.75, 3.05) is 5.88 Å². The molecule has 146 valence electrons. The summed E-state index contributed by atoms with van der Waals surface area (Å²) < 4.78 is 0. The molecule has 5 fully saturated rings. The van der Waals surface area contributed by atoms with Gasteiger partial charge in [0.25, 0.3) is 0 Å². The van der Waals surface area contributed by atoms with E-state index in [2.05, 4.69) is 35.6 Å². The lowest BCUT2D eigenvalue weighted by Crippen LogP contribution is -2.47. The van der Waals surface area contributed by atoms with Gasteiger partial charge in [-0.3, -0.25) is 4.79 Å². The Bertz CT molecular complexity index is 716. The average Bonchev–Trinajstić information content (AvgIpc) is 3.06. The van der Waals surface area contributed by atoms with Crippen LogP contribution in [0.4, 0.5) is 0 Å². The number of nitrogens with two attached hydrogens (primary N) is 1. The first-order valence-electron chi connectivity index (χ1n) is 10.7. The summed E-state index contributed by atoms with van der Waals surface area (Å²) in [4.78, 5) is 13.3. The zero-order valence-corrected chi connectivity index (χ0v) is 16.8. The number of benzene rings is 1. The van der Waals surface area contributed by atoms with Crippen molar-refractivity contribution in [3.8, 4) is 0 Å². The van der Waals surface area contributed by atoms with E-state index in [-0.39, 0.29) is 16.7 Å². The van der Waals surface area contributed by atoms with Crippen LogP contribution in [0.25, 0.3) is 0 Å². The first-order valence-corrected chi connectivity index (χ1v) is 11.3. The van der Waals surface area contributed by atoms with Gasteiger partial charge in [-0.2, -0.15) is 0 Å². The number of rotatable bonds is 4. The van der Waals surface area contributed by atoms with Crippen LogP contribution in [-0.2, 0) is 10.2 Å². The van der Waals surface area contributed by atoms with Gasteiger partial charge in [0.1, 0.15) is 0 Å². The lowest BCUT2D eigenvalue weighted by atomic mass is 9.62. The van der Waals surface area contributed by atoms with Crippen molar-refractivity contribution in [2.24, 2.45) is 28.9 Å². The molecule has 5 saturated carbocycles. The topological polar surface area (TPSA) is 55.1 Å². The molecule has 5 unspecified atom stereocenters. The first kappa shape index (κ1) is 18.0. The van der Waals surface area contributed by atoms with Gasteiger partial charge in [0.05, 0.1) is 0 Å². The molecule has 0 aliphatic heterocycles. The van der Waals surface area contributed by atoms with E-state index >= 15 is 0 Å². The fourth-order valence-corrected chi connectivity index (χ4v) is 7.77. The first-order chi connectivity index (χ1) is 13.1. The molecule has 3 nitrogen and oxygen atoms in total. The number of hydrogen-bond acceptors (Lipinski definition) is 2. The van der Waals surface area contributed by atoms with Crippen LogP contribution in [0.3, 0.4) is 0 Å². The summed E-state index contributed by atoms with van der Waals surface area (Å²) in [5.41, 5.74) is 7.90. The van der Waals surface area contributed by atoms with Crippen LogP contribution in [0, 0.1) is 23.2 Å². The average molecular weight is 387 g/mol. The maximum Gasteiger partial charge on any atom is 0.223 e. The highest BCUT2D eigenvalue weighted by atomic mass is 35.5. The van der Waals surface area contributed by atoms with E-state index in [1.54, 1.807) is 0 Å². The quantitative estimate of drug-likeness (QED) is 0.769. The van der Waals surface area contributed by atoms with Crippen LogP contribution in [0.2, 0.25) is 0 Å². The molecule has 6 rings (SSSR count). The maximum absolute atomic E-state index is 13.3. The van der Waals surface area contributed by atoms with Crippen LogP contribution >= 0.6 is 11.6 Å². The smallest absolute Gasteiger partial charge is 0.223 e. The molecule has 3 N–H and O–H groups in total. The van der Waals surface area contributed by atoms with E-state index in [0.717, 1.165) is 51.4 Å².